The zero-order valence-electron chi connectivity index (χ0n) is 21.0. The van der Waals surface area contributed by atoms with Gasteiger partial charge in [0, 0.05) is 13.0 Å². The topological polar surface area (TPSA) is 328 Å². The maximum absolute atomic E-state index is 13.0. The lowest BCUT2D eigenvalue weighted by molar-refractivity contribution is -0.139. The third kappa shape index (κ3) is 16.0. The normalized spacial score (nSPS) is 12.6. The molecule has 220 valence electrons. The molecule has 0 aromatic heterocycles. The Morgan fingerprint density at radius 2 is 1.31 bits per heavy atom. The average molecular weight is 562 g/mol. The van der Waals surface area contributed by atoms with Crippen LogP contribution in [0.4, 0.5) is 0 Å². The molecule has 0 aliphatic heterocycles. The summed E-state index contributed by atoms with van der Waals surface area (Å²) in [5, 5.41) is 47.6. The number of carbonyl (C=O) groups is 7. The molecular weight excluding hydrogens is 526 g/mol. The molecule has 0 saturated heterocycles. The second-order valence-electron chi connectivity index (χ2n) is 7.93. The molecule has 14 N–H and O–H groups in total. The van der Waals surface area contributed by atoms with Crippen molar-refractivity contribution in [3.05, 3.63) is 0 Å². The van der Waals surface area contributed by atoms with Crippen LogP contribution in [-0.2, 0) is 33.6 Å². The molecule has 19 heteroatoms. The van der Waals surface area contributed by atoms with E-state index in [-0.39, 0.29) is 25.3 Å². The van der Waals surface area contributed by atoms with Gasteiger partial charge in [0.15, 0.2) is 5.96 Å². The number of carboxylic acid groups (broad SMARTS) is 2. The van der Waals surface area contributed by atoms with Crippen LogP contribution in [-0.4, -0.2) is 114 Å². The maximum Gasteiger partial charge on any atom is 0.322 e. The van der Waals surface area contributed by atoms with Gasteiger partial charge in [-0.1, -0.05) is 0 Å². The molecular formula is C20H35N9O10. The molecule has 0 radical (unpaired) electrons. The Bertz CT molecular complexity index is 914. The first-order chi connectivity index (χ1) is 18.3. The molecule has 19 nitrogen and oxygen atoms in total. The van der Waals surface area contributed by atoms with E-state index in [9.17, 15) is 38.7 Å². The summed E-state index contributed by atoms with van der Waals surface area (Å²) in [4.78, 5) is 83.0. The molecule has 5 amide bonds. The summed E-state index contributed by atoms with van der Waals surface area (Å²) >= 11 is 0. The van der Waals surface area contributed by atoms with Crippen molar-refractivity contribution in [1.82, 2.24) is 31.9 Å². The van der Waals surface area contributed by atoms with Gasteiger partial charge in [0.2, 0.25) is 29.5 Å². The summed E-state index contributed by atoms with van der Waals surface area (Å²) in [6.07, 6.45) is -0.860. The smallest absolute Gasteiger partial charge is 0.322 e. The van der Waals surface area contributed by atoms with Gasteiger partial charge in [0.1, 0.15) is 24.7 Å². The summed E-state index contributed by atoms with van der Waals surface area (Å²) in [6.45, 7) is -2.52. The lowest BCUT2D eigenvalue weighted by Gasteiger charge is -2.24. The number of carboxylic acids is 2. The zero-order chi connectivity index (χ0) is 30.0. The number of rotatable bonds is 19. The van der Waals surface area contributed by atoms with Gasteiger partial charge in [-0.2, -0.15) is 0 Å². The fraction of sp³-hybridized carbons (Fsp3) is 0.600. The van der Waals surface area contributed by atoms with Gasteiger partial charge in [0.05, 0.1) is 19.7 Å². The first-order valence-electron chi connectivity index (χ1n) is 11.6. The monoisotopic (exact) mass is 561 g/mol. The van der Waals surface area contributed by atoms with Crippen molar-refractivity contribution in [3.63, 3.8) is 0 Å². The number of hydrogen-bond donors (Lipinski definition) is 12. The Morgan fingerprint density at radius 1 is 0.718 bits per heavy atom. The van der Waals surface area contributed by atoms with Crippen molar-refractivity contribution in [3.8, 4) is 0 Å². The molecule has 0 spiro atoms. The summed E-state index contributed by atoms with van der Waals surface area (Å²) < 4.78 is 0. The first-order valence-corrected chi connectivity index (χ1v) is 11.6. The third-order valence-corrected chi connectivity index (χ3v) is 4.78. The van der Waals surface area contributed by atoms with E-state index in [1.54, 1.807) is 0 Å². The van der Waals surface area contributed by atoms with Crippen LogP contribution in [0.2, 0.25) is 0 Å². The second kappa shape index (κ2) is 18.7. The molecule has 0 aliphatic carbocycles. The molecule has 3 atom stereocenters. The van der Waals surface area contributed by atoms with Gasteiger partial charge in [-0.15, -0.1) is 0 Å². The Hall–Kier alpha value is -4.52. The van der Waals surface area contributed by atoms with Gasteiger partial charge in [-0.25, -0.2) is 0 Å². The highest BCUT2D eigenvalue weighted by Gasteiger charge is 2.29. The number of aliphatic carboxylic acids is 2. The van der Waals surface area contributed by atoms with Crippen LogP contribution in [0, 0.1) is 5.41 Å². The van der Waals surface area contributed by atoms with Crippen molar-refractivity contribution in [2.45, 2.75) is 43.8 Å². The number of carbonyl (C=O) groups excluding carboxylic acids is 5. The summed E-state index contributed by atoms with van der Waals surface area (Å²) in [7, 11) is 0. The van der Waals surface area contributed by atoms with E-state index < -0.39 is 98.7 Å². The molecule has 0 saturated carbocycles. The standard InChI is InChI=1S/C20H35N9O10/c21-6-13(31)27-12(9-30)19(39)29-11(3-4-15(33)34)18(38)28-10(2-1-5-24-20(22)23)17(37)26-7-14(32)25-8-16(35)36/h10-12,30H,1-9,21H2,(H,25,32)(H,26,37)(H,27,31)(H,28,38)(H,29,39)(H,33,34)(H,35,36)(H4,22,23,24)/t10-,11-,12-/m0/s1. The predicted octanol–water partition coefficient (Wildman–Crippen LogP) is -6.16. The van der Waals surface area contributed by atoms with Gasteiger partial charge in [-0.3, -0.25) is 39.0 Å². The lowest BCUT2D eigenvalue weighted by Crippen LogP contribution is -2.58. The lowest BCUT2D eigenvalue weighted by atomic mass is 10.1. The van der Waals surface area contributed by atoms with E-state index in [0.717, 1.165) is 0 Å². The van der Waals surface area contributed by atoms with Crippen LogP contribution < -0.4 is 43.4 Å². The van der Waals surface area contributed by atoms with E-state index >= 15 is 0 Å². The number of aliphatic hydroxyl groups is 1. The number of guanidine groups is 1. The van der Waals surface area contributed by atoms with Gasteiger partial charge >= 0.3 is 11.9 Å². The molecule has 0 rings (SSSR count). The Morgan fingerprint density at radius 3 is 1.82 bits per heavy atom. The fourth-order valence-corrected chi connectivity index (χ4v) is 2.85. The number of nitrogens with two attached hydrogens (primary N) is 2. The number of amides is 5. The average Bonchev–Trinajstić information content (AvgIpc) is 2.87. The Labute approximate surface area is 222 Å². The van der Waals surface area contributed by atoms with Crippen molar-refractivity contribution >= 4 is 47.4 Å². The zero-order valence-corrected chi connectivity index (χ0v) is 21.0. The van der Waals surface area contributed by atoms with E-state index in [4.69, 9.17) is 27.1 Å². The van der Waals surface area contributed by atoms with Crippen molar-refractivity contribution < 1.29 is 48.9 Å². The molecule has 0 aromatic rings. The minimum Gasteiger partial charge on any atom is -0.481 e. The Kier molecular flexibility index (Phi) is 16.5. The summed E-state index contributed by atoms with van der Waals surface area (Å²) in [5.74, 6) is -7.41. The third-order valence-electron chi connectivity index (χ3n) is 4.78. The molecule has 0 unspecified atom stereocenters. The van der Waals surface area contributed by atoms with Crippen LogP contribution in [0.25, 0.3) is 0 Å². The molecule has 0 aliphatic rings. The molecule has 0 aromatic carbocycles. The van der Waals surface area contributed by atoms with Crippen LogP contribution in [0.1, 0.15) is 25.7 Å². The van der Waals surface area contributed by atoms with Gasteiger partial charge < -0.3 is 58.7 Å². The number of nitrogens with one attached hydrogen (secondary N) is 7. The van der Waals surface area contributed by atoms with Crippen molar-refractivity contribution in [2.24, 2.45) is 11.5 Å². The molecule has 0 fully saturated rings. The quantitative estimate of drug-likeness (QED) is 0.0397. The van der Waals surface area contributed by atoms with Crippen LogP contribution in [0.3, 0.4) is 0 Å². The highest BCUT2D eigenvalue weighted by Crippen LogP contribution is 2.04. The minimum absolute atomic E-state index is 0.0555. The van der Waals surface area contributed by atoms with E-state index in [1.807, 2.05) is 5.32 Å². The second-order valence-corrected chi connectivity index (χ2v) is 7.93. The van der Waals surface area contributed by atoms with E-state index in [1.165, 1.54) is 0 Å². The van der Waals surface area contributed by atoms with Crippen LogP contribution >= 0.6 is 0 Å². The van der Waals surface area contributed by atoms with Crippen LogP contribution in [0.15, 0.2) is 0 Å². The number of aliphatic hydroxyl groups excluding tert-OH is 1. The maximum atomic E-state index is 13.0. The van der Waals surface area contributed by atoms with E-state index in [0.29, 0.717) is 0 Å². The predicted molar refractivity (Wildman–Crippen MR) is 132 cm³/mol. The highest BCUT2D eigenvalue weighted by atomic mass is 16.4. The Balaban J connectivity index is 5.55. The number of hydrogen-bond acceptors (Lipinski definition) is 10. The van der Waals surface area contributed by atoms with Crippen molar-refractivity contribution in [2.75, 3.05) is 32.8 Å². The minimum atomic E-state index is -1.51. The first kappa shape index (κ1) is 34.5. The molecule has 0 bridgehead atoms. The fourth-order valence-electron chi connectivity index (χ4n) is 2.85. The largest absolute Gasteiger partial charge is 0.481 e. The SMILES string of the molecule is N=C(N)NCCC[C@H](NC(=O)[C@H](CCC(=O)O)NC(=O)[C@H](CO)NC(=O)CN)C(=O)NCC(=O)NCC(=O)O. The summed E-state index contributed by atoms with van der Waals surface area (Å²) in [5.41, 5.74) is 10.4. The van der Waals surface area contributed by atoms with Gasteiger partial charge in [0.25, 0.3) is 0 Å². The van der Waals surface area contributed by atoms with Gasteiger partial charge in [-0.05, 0) is 19.3 Å². The molecule has 39 heavy (non-hydrogen) atoms. The molecule has 0 heterocycles. The van der Waals surface area contributed by atoms with Crippen LogP contribution in [0.5, 0.6) is 0 Å². The van der Waals surface area contributed by atoms with Crippen molar-refractivity contribution in [1.29, 1.82) is 5.41 Å². The summed E-state index contributed by atoms with van der Waals surface area (Å²) in [6, 6.07) is -4.32. The highest BCUT2D eigenvalue weighted by molar-refractivity contribution is 5.95. The van der Waals surface area contributed by atoms with E-state index in [2.05, 4.69) is 26.6 Å².